The van der Waals surface area contributed by atoms with Crippen LogP contribution in [0, 0.1) is 23.2 Å². The largest absolute Gasteiger partial charge is 0.497 e. The molecule has 2 bridgehead atoms. The van der Waals surface area contributed by atoms with Crippen LogP contribution in [0.3, 0.4) is 0 Å². The molecule has 2 N–H and O–H groups in total. The minimum Gasteiger partial charge on any atom is -0.497 e. The molecular weight excluding hydrogens is 551 g/mol. The van der Waals surface area contributed by atoms with Crippen LogP contribution in [0.25, 0.3) is 0 Å². The fraction of sp³-hybridized carbons (Fsp3) is 0.611. The van der Waals surface area contributed by atoms with E-state index in [0.29, 0.717) is 23.3 Å². The summed E-state index contributed by atoms with van der Waals surface area (Å²) >= 11 is 0. The lowest BCUT2D eigenvalue weighted by Crippen LogP contribution is -2.65. The first-order valence-corrected chi connectivity index (χ1v) is 16.7. The Bertz CT molecular complexity index is 1380. The van der Waals surface area contributed by atoms with E-state index in [2.05, 4.69) is 51.3 Å². The molecule has 0 spiro atoms. The molecule has 3 saturated carbocycles. The summed E-state index contributed by atoms with van der Waals surface area (Å²) in [4.78, 5) is 27.6. The molecule has 1 unspecified atom stereocenters. The topological polar surface area (TPSA) is 85.9 Å². The van der Waals surface area contributed by atoms with E-state index < -0.39 is 13.2 Å². The van der Waals surface area contributed by atoms with Gasteiger partial charge in [-0.1, -0.05) is 52.0 Å². The van der Waals surface area contributed by atoms with Gasteiger partial charge in [0.15, 0.2) is 0 Å². The van der Waals surface area contributed by atoms with Crippen molar-refractivity contribution in [3.63, 3.8) is 0 Å². The number of amides is 2. The third-order valence-electron chi connectivity index (χ3n) is 11.2. The van der Waals surface area contributed by atoms with Crippen LogP contribution >= 0.6 is 0 Å². The molecule has 1 heterocycles. The van der Waals surface area contributed by atoms with Gasteiger partial charge in [0, 0.05) is 5.56 Å². The average Bonchev–Trinajstić information content (AvgIpc) is 3.37. The van der Waals surface area contributed by atoms with Gasteiger partial charge in [0.25, 0.3) is 5.91 Å². The minimum absolute atomic E-state index is 0.0546. The Labute approximate surface area is 263 Å². The molecule has 2 aromatic rings. The fourth-order valence-corrected chi connectivity index (χ4v) is 8.59. The highest BCUT2D eigenvalue weighted by Crippen LogP contribution is 2.65. The monoisotopic (exact) mass is 600 g/mol. The number of benzene rings is 2. The average molecular weight is 601 g/mol. The molecule has 2 amide bonds. The molecule has 7 nitrogen and oxygen atoms in total. The van der Waals surface area contributed by atoms with Crippen molar-refractivity contribution in [2.24, 2.45) is 23.2 Å². The lowest BCUT2D eigenvalue weighted by atomic mass is 9.43. The summed E-state index contributed by atoms with van der Waals surface area (Å²) in [7, 11) is 1.14. The van der Waals surface area contributed by atoms with Gasteiger partial charge in [-0.05, 0) is 110 Å². The van der Waals surface area contributed by atoms with Crippen molar-refractivity contribution in [2.45, 2.75) is 110 Å². The van der Waals surface area contributed by atoms with E-state index in [9.17, 15) is 9.59 Å². The maximum Gasteiger partial charge on any atom is 0.481 e. The maximum absolute atomic E-state index is 13.8. The highest BCUT2D eigenvalue weighted by Gasteiger charge is 2.68. The van der Waals surface area contributed by atoms with Crippen molar-refractivity contribution in [1.29, 1.82) is 0 Å². The summed E-state index contributed by atoms with van der Waals surface area (Å²) in [5, 5.41) is 6.50. The summed E-state index contributed by atoms with van der Waals surface area (Å²) in [6, 6.07) is 13.1. The van der Waals surface area contributed by atoms with Gasteiger partial charge in [-0.15, -0.1) is 0 Å². The van der Waals surface area contributed by atoms with E-state index in [-0.39, 0.29) is 41.3 Å². The second kappa shape index (κ2) is 12.2. The molecule has 44 heavy (non-hydrogen) atoms. The Hall–Kier alpha value is -2.84. The smallest absolute Gasteiger partial charge is 0.481 e. The Balaban J connectivity index is 1.19. The third kappa shape index (κ3) is 5.80. The third-order valence-corrected chi connectivity index (χ3v) is 11.2. The van der Waals surface area contributed by atoms with E-state index in [1.165, 1.54) is 12.0 Å². The van der Waals surface area contributed by atoms with Crippen LogP contribution in [0.1, 0.15) is 106 Å². The Kier molecular flexibility index (Phi) is 8.61. The first kappa shape index (κ1) is 31.2. The van der Waals surface area contributed by atoms with Crippen molar-refractivity contribution in [2.75, 3.05) is 7.11 Å². The van der Waals surface area contributed by atoms with Gasteiger partial charge >= 0.3 is 7.12 Å². The normalized spacial score (nSPS) is 27.9. The highest BCUT2D eigenvalue weighted by molar-refractivity contribution is 6.47. The SMILES string of the molecule is COc1ccc(C(CC(=O)N[C@@H](CC(C)C)B2O[C@@H]3C[C@H]4C[C@H](C4(C)C)[C@]3(C)O2)NC(=O)c2cccc3c2CCCC3)cc1. The number of carbonyl (C=O) groups excluding carboxylic acids is 2. The van der Waals surface area contributed by atoms with Gasteiger partial charge in [-0.25, -0.2) is 0 Å². The first-order chi connectivity index (χ1) is 21.0. The van der Waals surface area contributed by atoms with Crippen LogP contribution in [0.15, 0.2) is 42.5 Å². The van der Waals surface area contributed by atoms with Crippen LogP contribution in [0.5, 0.6) is 5.75 Å². The molecule has 6 atom stereocenters. The Morgan fingerprint density at radius 1 is 1.02 bits per heavy atom. The van der Waals surface area contributed by atoms with Crippen LogP contribution in [-0.4, -0.2) is 43.7 Å². The molecule has 0 radical (unpaired) electrons. The van der Waals surface area contributed by atoms with Crippen molar-refractivity contribution < 1.29 is 23.6 Å². The van der Waals surface area contributed by atoms with Crippen molar-refractivity contribution in [3.05, 3.63) is 64.7 Å². The van der Waals surface area contributed by atoms with E-state index in [1.54, 1.807) is 7.11 Å². The summed E-state index contributed by atoms with van der Waals surface area (Å²) in [5.41, 5.74) is 3.88. The van der Waals surface area contributed by atoms with Gasteiger partial charge in [0.05, 0.1) is 37.2 Å². The van der Waals surface area contributed by atoms with Crippen LogP contribution in [0.2, 0.25) is 0 Å². The van der Waals surface area contributed by atoms with E-state index in [4.69, 9.17) is 14.0 Å². The van der Waals surface area contributed by atoms with E-state index in [1.807, 2.05) is 36.4 Å². The first-order valence-electron chi connectivity index (χ1n) is 16.7. The Morgan fingerprint density at radius 3 is 2.48 bits per heavy atom. The van der Waals surface area contributed by atoms with Crippen molar-refractivity contribution in [3.8, 4) is 5.75 Å². The Morgan fingerprint density at radius 2 is 1.77 bits per heavy atom. The van der Waals surface area contributed by atoms with Crippen molar-refractivity contribution >= 4 is 18.9 Å². The van der Waals surface area contributed by atoms with Crippen LogP contribution in [-0.2, 0) is 26.9 Å². The number of methoxy groups -OCH3 is 1. The zero-order valence-corrected chi connectivity index (χ0v) is 27.3. The van der Waals surface area contributed by atoms with Crippen LogP contribution < -0.4 is 15.4 Å². The molecule has 4 fully saturated rings. The molecule has 0 aromatic heterocycles. The lowest BCUT2D eigenvalue weighted by molar-refractivity contribution is -0.199. The molecule has 4 aliphatic carbocycles. The molecule has 236 valence electrons. The maximum atomic E-state index is 13.8. The summed E-state index contributed by atoms with van der Waals surface area (Å²) in [6.45, 7) is 11.2. The minimum atomic E-state index is -0.508. The van der Waals surface area contributed by atoms with E-state index in [0.717, 1.165) is 55.4 Å². The number of fused-ring (bicyclic) bond motifs is 1. The predicted octanol–water partition coefficient (Wildman–Crippen LogP) is 6.23. The zero-order chi connectivity index (χ0) is 31.2. The molecule has 1 saturated heterocycles. The molecule has 2 aromatic carbocycles. The standard InChI is InChI=1S/C36H49BN2O5/c1-22(2)18-32(37-43-31-20-25-19-30(35(25,3)4)36(31,5)44-37)39-33(40)21-29(24-14-16-26(42-6)17-15-24)38-34(41)28-13-9-11-23-10-7-8-12-27(23)28/h9,11,13-17,22,25,29-32H,7-8,10,12,18-21H2,1-6H3,(H,38,41)(H,39,40)/t25-,29?,30-,31-,32+,36+/m1/s1. The number of hydrogen-bond donors (Lipinski definition) is 2. The second-order valence-electron chi connectivity index (χ2n) is 14.8. The van der Waals surface area contributed by atoms with Gasteiger partial charge in [-0.3, -0.25) is 9.59 Å². The second-order valence-corrected chi connectivity index (χ2v) is 14.8. The molecule has 8 heteroatoms. The number of ether oxygens (including phenoxy) is 1. The van der Waals surface area contributed by atoms with Gasteiger partial charge in [0.1, 0.15) is 5.75 Å². The lowest BCUT2D eigenvalue weighted by Gasteiger charge is -2.64. The predicted molar refractivity (Wildman–Crippen MR) is 172 cm³/mol. The van der Waals surface area contributed by atoms with Crippen LogP contribution in [0.4, 0.5) is 0 Å². The fourth-order valence-electron chi connectivity index (χ4n) is 8.59. The highest BCUT2D eigenvalue weighted by atomic mass is 16.7. The van der Waals surface area contributed by atoms with E-state index >= 15 is 0 Å². The zero-order valence-electron chi connectivity index (χ0n) is 27.3. The number of carbonyl (C=O) groups is 2. The number of aryl methyl sites for hydroxylation is 1. The summed E-state index contributed by atoms with van der Waals surface area (Å²) < 4.78 is 18.7. The molecule has 7 rings (SSSR count). The number of rotatable bonds is 10. The number of nitrogens with one attached hydrogen (secondary N) is 2. The van der Waals surface area contributed by atoms with Crippen molar-refractivity contribution in [1.82, 2.24) is 10.6 Å². The molecular formula is C36H49BN2O5. The summed E-state index contributed by atoms with van der Waals surface area (Å²) in [5.74, 6) is 1.63. The summed E-state index contributed by atoms with van der Waals surface area (Å²) in [6.07, 6.45) is 7.24. The quantitative estimate of drug-likeness (QED) is 0.316. The van der Waals surface area contributed by atoms with Gasteiger partial charge in [0.2, 0.25) is 5.91 Å². The molecule has 1 aliphatic heterocycles. The van der Waals surface area contributed by atoms with Gasteiger partial charge in [-0.2, -0.15) is 0 Å². The molecule has 5 aliphatic rings. The number of hydrogen-bond acceptors (Lipinski definition) is 5. The van der Waals surface area contributed by atoms with Gasteiger partial charge < -0.3 is 24.7 Å².